The molecule has 3 amide bonds. The van der Waals surface area contributed by atoms with Crippen molar-refractivity contribution in [3.8, 4) is 10.7 Å². The molecule has 1 atom stereocenters. The van der Waals surface area contributed by atoms with Crippen molar-refractivity contribution in [2.45, 2.75) is 17.2 Å². The summed E-state index contributed by atoms with van der Waals surface area (Å²) in [6, 6.07) is 11.1. The summed E-state index contributed by atoms with van der Waals surface area (Å²) in [6.45, 7) is 1.74. The van der Waals surface area contributed by atoms with Crippen molar-refractivity contribution in [3.05, 3.63) is 41.8 Å². The second-order valence-corrected chi connectivity index (χ2v) is 7.45. The Balaban J connectivity index is 1.94. The maximum absolute atomic E-state index is 12.1. The molecule has 3 rings (SSSR count). The van der Waals surface area contributed by atoms with Crippen molar-refractivity contribution in [1.29, 1.82) is 0 Å². The SMILES string of the molecule is CNC(=O)NC(=O)[C@H](C)Sc1nc(-c2cccs2)nc2ccccc12. The van der Waals surface area contributed by atoms with E-state index in [1.54, 1.807) is 18.3 Å². The third-order valence-electron chi connectivity index (χ3n) is 3.43. The maximum atomic E-state index is 12.1. The number of thioether (sulfide) groups is 1. The average molecular weight is 372 g/mol. The van der Waals surface area contributed by atoms with Crippen LogP contribution in [0.25, 0.3) is 21.6 Å². The van der Waals surface area contributed by atoms with Crippen molar-refractivity contribution in [2.24, 2.45) is 0 Å². The fourth-order valence-electron chi connectivity index (χ4n) is 2.15. The zero-order chi connectivity index (χ0) is 17.8. The number of benzene rings is 1. The van der Waals surface area contributed by atoms with Crippen molar-refractivity contribution in [2.75, 3.05) is 7.05 Å². The van der Waals surface area contributed by atoms with E-state index in [0.717, 1.165) is 15.8 Å². The van der Waals surface area contributed by atoms with E-state index in [0.29, 0.717) is 10.9 Å². The summed E-state index contributed by atoms with van der Waals surface area (Å²) in [5, 5.41) is 7.75. The molecular formula is C17H16N4O2S2. The first-order valence-corrected chi connectivity index (χ1v) is 9.34. The van der Waals surface area contributed by atoms with Gasteiger partial charge in [-0.2, -0.15) is 0 Å². The number of para-hydroxylation sites is 1. The Kier molecular flexibility index (Phi) is 5.30. The van der Waals surface area contributed by atoms with Gasteiger partial charge in [0.2, 0.25) is 5.91 Å². The fraction of sp³-hybridized carbons (Fsp3) is 0.176. The summed E-state index contributed by atoms with van der Waals surface area (Å²) in [4.78, 5) is 33.7. The van der Waals surface area contributed by atoms with Crippen molar-refractivity contribution >= 4 is 45.9 Å². The normalized spacial score (nSPS) is 11.9. The monoisotopic (exact) mass is 372 g/mol. The number of hydrogen-bond donors (Lipinski definition) is 2. The summed E-state index contributed by atoms with van der Waals surface area (Å²) in [7, 11) is 1.46. The Morgan fingerprint density at radius 2 is 1.96 bits per heavy atom. The van der Waals surface area contributed by atoms with Crippen molar-refractivity contribution < 1.29 is 9.59 Å². The van der Waals surface area contributed by atoms with Crippen LogP contribution in [0.2, 0.25) is 0 Å². The number of carbonyl (C=O) groups is 2. The van der Waals surface area contributed by atoms with Gasteiger partial charge in [-0.15, -0.1) is 11.3 Å². The molecule has 0 aliphatic rings. The molecule has 0 aliphatic carbocycles. The van der Waals surface area contributed by atoms with Crippen molar-refractivity contribution in [3.63, 3.8) is 0 Å². The number of hydrogen-bond acceptors (Lipinski definition) is 6. The smallest absolute Gasteiger partial charge is 0.321 e. The number of nitrogens with zero attached hydrogens (tertiary/aromatic N) is 2. The first-order valence-electron chi connectivity index (χ1n) is 7.58. The highest BCUT2D eigenvalue weighted by molar-refractivity contribution is 8.00. The first-order chi connectivity index (χ1) is 12.1. The van der Waals surface area contributed by atoms with Crippen LogP contribution < -0.4 is 10.6 Å². The Morgan fingerprint density at radius 3 is 2.68 bits per heavy atom. The number of aromatic nitrogens is 2. The lowest BCUT2D eigenvalue weighted by Gasteiger charge is -2.12. The minimum Gasteiger partial charge on any atom is -0.341 e. The Bertz CT molecular complexity index is 912. The molecule has 0 bridgehead atoms. The van der Waals surface area contributed by atoms with E-state index >= 15 is 0 Å². The topological polar surface area (TPSA) is 84.0 Å². The highest BCUT2D eigenvalue weighted by atomic mass is 32.2. The number of carbonyl (C=O) groups excluding carboxylic acids is 2. The number of imide groups is 1. The zero-order valence-electron chi connectivity index (χ0n) is 13.6. The van der Waals surface area contributed by atoms with Gasteiger partial charge in [-0.1, -0.05) is 36.0 Å². The lowest BCUT2D eigenvalue weighted by molar-refractivity contribution is -0.119. The van der Waals surface area contributed by atoms with Gasteiger partial charge in [0.05, 0.1) is 15.6 Å². The molecule has 0 aliphatic heterocycles. The van der Waals surface area contributed by atoms with Crippen LogP contribution in [0.1, 0.15) is 6.92 Å². The first kappa shape index (κ1) is 17.4. The molecular weight excluding hydrogens is 356 g/mol. The number of rotatable bonds is 4. The van der Waals surface area contributed by atoms with E-state index in [-0.39, 0.29) is 5.91 Å². The van der Waals surface area contributed by atoms with Gasteiger partial charge in [0.1, 0.15) is 5.03 Å². The third-order valence-corrected chi connectivity index (χ3v) is 5.40. The van der Waals surface area contributed by atoms with Gasteiger partial charge < -0.3 is 5.32 Å². The van der Waals surface area contributed by atoms with E-state index in [9.17, 15) is 9.59 Å². The Morgan fingerprint density at radius 1 is 1.16 bits per heavy atom. The van der Waals surface area contributed by atoms with Crippen LogP contribution >= 0.6 is 23.1 Å². The van der Waals surface area contributed by atoms with Crippen LogP contribution in [-0.2, 0) is 4.79 Å². The molecule has 128 valence electrons. The Labute approximate surface area is 153 Å². The molecule has 8 heteroatoms. The molecule has 1 aromatic carbocycles. The van der Waals surface area contributed by atoms with Gasteiger partial charge in [-0.05, 0) is 24.4 Å². The number of amides is 3. The molecule has 3 aromatic rings. The van der Waals surface area contributed by atoms with Gasteiger partial charge in [-0.3, -0.25) is 10.1 Å². The molecule has 0 unspecified atom stereocenters. The second kappa shape index (κ2) is 7.62. The molecule has 0 fully saturated rings. The summed E-state index contributed by atoms with van der Waals surface area (Å²) >= 11 is 2.87. The van der Waals surface area contributed by atoms with Gasteiger partial charge in [0.15, 0.2) is 5.82 Å². The molecule has 2 aromatic heterocycles. The van der Waals surface area contributed by atoms with Gasteiger partial charge in [0.25, 0.3) is 0 Å². The summed E-state index contributed by atoms with van der Waals surface area (Å²) in [6.07, 6.45) is 0. The largest absolute Gasteiger partial charge is 0.341 e. The van der Waals surface area contributed by atoms with Crippen molar-refractivity contribution in [1.82, 2.24) is 20.6 Å². The minimum atomic E-state index is -0.524. The quantitative estimate of drug-likeness (QED) is 0.542. The summed E-state index contributed by atoms with van der Waals surface area (Å²) in [5.74, 6) is 0.264. The predicted molar refractivity (Wildman–Crippen MR) is 101 cm³/mol. The summed E-state index contributed by atoms with van der Waals surface area (Å²) in [5.41, 5.74) is 0.822. The molecule has 0 spiro atoms. The highest BCUT2D eigenvalue weighted by Crippen LogP contribution is 2.32. The van der Waals surface area contributed by atoms with E-state index < -0.39 is 11.3 Å². The molecule has 0 radical (unpaired) electrons. The van der Waals surface area contributed by atoms with Crippen LogP contribution in [0.3, 0.4) is 0 Å². The maximum Gasteiger partial charge on any atom is 0.321 e. The zero-order valence-corrected chi connectivity index (χ0v) is 15.3. The van der Waals surface area contributed by atoms with Gasteiger partial charge in [0, 0.05) is 12.4 Å². The van der Waals surface area contributed by atoms with E-state index in [4.69, 9.17) is 0 Å². The lowest BCUT2D eigenvalue weighted by atomic mass is 10.2. The summed E-state index contributed by atoms with van der Waals surface area (Å²) < 4.78 is 0. The molecule has 25 heavy (non-hydrogen) atoms. The molecule has 2 N–H and O–H groups in total. The van der Waals surface area contributed by atoms with E-state index in [1.807, 2.05) is 41.8 Å². The Hall–Kier alpha value is -2.45. The lowest BCUT2D eigenvalue weighted by Crippen LogP contribution is -2.41. The number of fused-ring (bicyclic) bond motifs is 1. The van der Waals surface area contributed by atoms with Crippen LogP contribution in [0.4, 0.5) is 4.79 Å². The number of nitrogens with one attached hydrogen (secondary N) is 2. The van der Waals surface area contributed by atoms with Gasteiger partial charge in [-0.25, -0.2) is 14.8 Å². The number of urea groups is 1. The van der Waals surface area contributed by atoms with Crippen LogP contribution in [-0.4, -0.2) is 34.2 Å². The van der Waals surface area contributed by atoms with Crippen LogP contribution in [0.15, 0.2) is 46.8 Å². The van der Waals surface area contributed by atoms with E-state index in [2.05, 4.69) is 20.6 Å². The number of thiophene rings is 1. The standard InChI is InChI=1S/C17H16N4O2S2/c1-10(15(22)21-17(23)18-2)25-16-11-6-3-4-7-12(11)19-14(20-16)13-8-5-9-24-13/h3-10H,1-2H3,(H2,18,21,22,23)/t10-/m0/s1. The third kappa shape index (κ3) is 3.97. The fourth-order valence-corrected chi connectivity index (χ4v) is 3.75. The molecule has 2 heterocycles. The minimum absolute atomic E-state index is 0.371. The van der Waals surface area contributed by atoms with E-state index in [1.165, 1.54) is 18.8 Å². The van der Waals surface area contributed by atoms with Crippen LogP contribution in [0, 0.1) is 0 Å². The van der Waals surface area contributed by atoms with Gasteiger partial charge >= 0.3 is 6.03 Å². The van der Waals surface area contributed by atoms with Crippen LogP contribution in [0.5, 0.6) is 0 Å². The molecule has 0 saturated carbocycles. The average Bonchev–Trinajstić information content (AvgIpc) is 3.16. The second-order valence-electron chi connectivity index (χ2n) is 5.18. The predicted octanol–water partition coefficient (Wildman–Crippen LogP) is 3.29. The highest BCUT2D eigenvalue weighted by Gasteiger charge is 2.19. The molecule has 6 nitrogen and oxygen atoms in total. The molecule has 0 saturated heterocycles.